The first-order valence-electron chi connectivity index (χ1n) is 8.04. The van der Waals surface area contributed by atoms with E-state index in [4.69, 9.17) is 4.84 Å². The van der Waals surface area contributed by atoms with Gasteiger partial charge in [0.2, 0.25) is 10.0 Å². The van der Waals surface area contributed by atoms with Crippen molar-refractivity contribution in [2.24, 2.45) is 5.16 Å². The fourth-order valence-corrected chi connectivity index (χ4v) is 3.33. The third-order valence-electron chi connectivity index (χ3n) is 4.14. The summed E-state index contributed by atoms with van der Waals surface area (Å²) in [5, 5.41) is 6.60. The van der Waals surface area contributed by atoms with Gasteiger partial charge < -0.3 is 10.2 Å². The summed E-state index contributed by atoms with van der Waals surface area (Å²) in [6, 6.07) is 14.1. The lowest BCUT2D eigenvalue weighted by Gasteiger charge is -2.11. The van der Waals surface area contributed by atoms with E-state index in [-0.39, 0.29) is 16.7 Å². The molecule has 2 aromatic rings. The van der Waals surface area contributed by atoms with Crippen LogP contribution >= 0.6 is 0 Å². The van der Waals surface area contributed by atoms with Crippen molar-refractivity contribution in [2.75, 3.05) is 12.4 Å². The van der Waals surface area contributed by atoms with E-state index in [1.165, 1.54) is 19.2 Å². The smallest absolute Gasteiger partial charge is 0.273 e. The molecule has 0 saturated carbocycles. The summed E-state index contributed by atoms with van der Waals surface area (Å²) in [6.07, 6.45) is 0.0534. The van der Waals surface area contributed by atoms with E-state index in [2.05, 4.69) is 15.2 Å². The number of sulfonamides is 1. The van der Waals surface area contributed by atoms with Crippen LogP contribution in [0.15, 0.2) is 58.6 Å². The van der Waals surface area contributed by atoms with E-state index < -0.39 is 15.9 Å². The molecular weight excluding hydrogens is 354 g/mol. The molecule has 26 heavy (non-hydrogen) atoms. The third kappa shape index (κ3) is 3.76. The van der Waals surface area contributed by atoms with Gasteiger partial charge in [-0.2, -0.15) is 0 Å². The molecule has 2 N–H and O–H groups in total. The molecule has 0 bridgehead atoms. The average Bonchev–Trinajstić information content (AvgIpc) is 3.14. The Hall–Kier alpha value is -2.71. The molecule has 0 fully saturated rings. The largest absolute Gasteiger partial charge is 0.387 e. The van der Waals surface area contributed by atoms with Gasteiger partial charge in [0.1, 0.15) is 5.71 Å². The predicted molar refractivity (Wildman–Crippen MR) is 98.4 cm³/mol. The molecule has 8 heteroatoms. The maximum Gasteiger partial charge on any atom is 0.273 e. The highest BCUT2D eigenvalue weighted by Gasteiger charge is 2.27. The Bertz CT molecular complexity index is 956. The summed E-state index contributed by atoms with van der Waals surface area (Å²) in [5.41, 5.74) is 2.36. The van der Waals surface area contributed by atoms with E-state index in [0.29, 0.717) is 12.1 Å². The zero-order valence-electron chi connectivity index (χ0n) is 14.4. The number of amides is 1. The molecule has 0 aromatic heterocycles. The molecule has 7 nitrogen and oxygen atoms in total. The first-order chi connectivity index (χ1) is 12.4. The third-order valence-corrected chi connectivity index (χ3v) is 5.55. The molecule has 1 amide bonds. The second kappa shape index (κ2) is 7.27. The highest BCUT2D eigenvalue weighted by atomic mass is 32.2. The molecule has 2 aromatic carbocycles. The Balaban J connectivity index is 1.74. The van der Waals surface area contributed by atoms with Crippen LogP contribution < -0.4 is 10.0 Å². The minimum Gasteiger partial charge on any atom is -0.387 e. The second-order valence-electron chi connectivity index (χ2n) is 5.89. The number of hydrogen-bond donors (Lipinski definition) is 2. The van der Waals surface area contributed by atoms with E-state index in [9.17, 15) is 13.2 Å². The van der Waals surface area contributed by atoms with Crippen LogP contribution in [-0.2, 0) is 19.7 Å². The zero-order chi connectivity index (χ0) is 18.7. The Morgan fingerprint density at radius 1 is 1.19 bits per heavy atom. The summed E-state index contributed by atoms with van der Waals surface area (Å²) in [7, 11) is -2.26. The summed E-state index contributed by atoms with van der Waals surface area (Å²) in [5.74, 6) is -0.412. The van der Waals surface area contributed by atoms with Crippen LogP contribution in [0.2, 0.25) is 0 Å². The number of nitrogens with one attached hydrogen (secondary N) is 2. The fourth-order valence-electron chi connectivity index (χ4n) is 2.57. The molecule has 136 valence electrons. The lowest BCUT2D eigenvalue weighted by molar-refractivity contribution is -0.110. The average molecular weight is 373 g/mol. The monoisotopic (exact) mass is 373 g/mol. The van der Waals surface area contributed by atoms with Gasteiger partial charge in [0.15, 0.2) is 6.10 Å². The van der Waals surface area contributed by atoms with Crippen molar-refractivity contribution in [2.45, 2.75) is 24.3 Å². The van der Waals surface area contributed by atoms with Crippen molar-refractivity contribution in [3.8, 4) is 0 Å². The number of nitrogens with zero attached hydrogens (tertiary/aromatic N) is 1. The molecule has 0 radical (unpaired) electrons. The van der Waals surface area contributed by atoms with Gasteiger partial charge in [-0.1, -0.05) is 41.6 Å². The molecule has 0 saturated heterocycles. The van der Waals surface area contributed by atoms with Gasteiger partial charge in [0, 0.05) is 12.1 Å². The quantitative estimate of drug-likeness (QED) is 0.841. The lowest BCUT2D eigenvalue weighted by Crippen LogP contribution is -2.23. The number of hydrogen-bond acceptors (Lipinski definition) is 5. The molecule has 0 spiro atoms. The minimum absolute atomic E-state index is 0.0765. The Morgan fingerprint density at radius 3 is 2.62 bits per heavy atom. The van der Waals surface area contributed by atoms with Crippen LogP contribution in [0.25, 0.3) is 0 Å². The molecule has 1 unspecified atom stereocenters. The first-order valence-corrected chi connectivity index (χ1v) is 9.52. The maximum atomic E-state index is 12.5. The van der Waals surface area contributed by atoms with E-state index >= 15 is 0 Å². The normalized spacial score (nSPS) is 16.7. The Morgan fingerprint density at radius 2 is 1.92 bits per heavy atom. The van der Waals surface area contributed by atoms with E-state index in [0.717, 1.165) is 11.1 Å². The molecule has 3 rings (SSSR count). The first kappa shape index (κ1) is 18.1. The van der Waals surface area contributed by atoms with Crippen LogP contribution in [0.1, 0.15) is 23.7 Å². The highest BCUT2D eigenvalue weighted by Crippen LogP contribution is 2.28. The van der Waals surface area contributed by atoms with Gasteiger partial charge in [0.25, 0.3) is 5.91 Å². The molecule has 1 heterocycles. The zero-order valence-corrected chi connectivity index (χ0v) is 15.2. The lowest BCUT2D eigenvalue weighted by atomic mass is 10.0. The van der Waals surface area contributed by atoms with E-state index in [1.807, 2.05) is 30.3 Å². The van der Waals surface area contributed by atoms with Crippen molar-refractivity contribution < 1.29 is 18.0 Å². The SMILES string of the molecule is CNS(=O)(=O)c1ccc(C)c(NC(=O)C2=NOC(c3ccccc3)C2)c1. The summed E-state index contributed by atoms with van der Waals surface area (Å²) < 4.78 is 26.1. The van der Waals surface area contributed by atoms with Crippen molar-refractivity contribution in [3.63, 3.8) is 0 Å². The minimum atomic E-state index is -3.59. The second-order valence-corrected chi connectivity index (χ2v) is 7.77. The maximum absolute atomic E-state index is 12.5. The van der Waals surface area contributed by atoms with Gasteiger partial charge in [-0.25, -0.2) is 13.1 Å². The number of carbonyl (C=O) groups excluding carboxylic acids is 1. The Labute approximate surface area is 152 Å². The molecule has 1 atom stereocenters. The predicted octanol–water partition coefficient (Wildman–Crippen LogP) is 2.36. The fraction of sp³-hybridized carbons (Fsp3) is 0.222. The van der Waals surface area contributed by atoms with Gasteiger partial charge >= 0.3 is 0 Å². The van der Waals surface area contributed by atoms with Crippen molar-refractivity contribution in [1.29, 1.82) is 0 Å². The summed E-state index contributed by atoms with van der Waals surface area (Å²) in [4.78, 5) is 17.9. The summed E-state index contributed by atoms with van der Waals surface area (Å²) >= 11 is 0. The topological polar surface area (TPSA) is 96.9 Å². The van der Waals surface area contributed by atoms with Crippen molar-refractivity contribution >= 4 is 27.3 Å². The highest BCUT2D eigenvalue weighted by molar-refractivity contribution is 7.89. The van der Waals surface area contributed by atoms with Crippen molar-refractivity contribution in [1.82, 2.24) is 4.72 Å². The van der Waals surface area contributed by atoms with Gasteiger partial charge in [-0.15, -0.1) is 0 Å². The van der Waals surface area contributed by atoms with E-state index in [1.54, 1.807) is 13.0 Å². The Kier molecular flexibility index (Phi) is 5.06. The van der Waals surface area contributed by atoms with Crippen LogP contribution in [-0.4, -0.2) is 27.1 Å². The van der Waals surface area contributed by atoms with Gasteiger partial charge in [-0.3, -0.25) is 4.79 Å². The number of aryl methyl sites for hydroxylation is 1. The van der Waals surface area contributed by atoms with Gasteiger partial charge in [-0.05, 0) is 37.2 Å². The van der Waals surface area contributed by atoms with Crippen LogP contribution in [0.5, 0.6) is 0 Å². The molecule has 1 aliphatic heterocycles. The van der Waals surface area contributed by atoms with Crippen LogP contribution in [0.4, 0.5) is 5.69 Å². The molecular formula is C18H19N3O4S. The van der Waals surface area contributed by atoms with Crippen LogP contribution in [0.3, 0.4) is 0 Å². The molecule has 1 aliphatic rings. The summed E-state index contributed by atoms with van der Waals surface area (Å²) in [6.45, 7) is 1.78. The number of benzene rings is 2. The van der Waals surface area contributed by atoms with Crippen molar-refractivity contribution in [3.05, 3.63) is 59.7 Å². The number of oxime groups is 1. The van der Waals surface area contributed by atoms with Gasteiger partial charge in [0.05, 0.1) is 4.90 Å². The standard InChI is InChI=1S/C18H19N3O4S/c1-12-8-9-14(26(23,24)19-2)10-15(12)20-18(22)16-11-17(25-21-16)13-6-4-3-5-7-13/h3-10,17,19H,11H2,1-2H3,(H,20,22). The van der Waals surface area contributed by atoms with Crippen LogP contribution in [0, 0.1) is 6.92 Å². The number of anilines is 1. The number of rotatable bonds is 5. The number of carbonyl (C=O) groups is 1. The molecule has 0 aliphatic carbocycles.